The maximum Gasteiger partial charge on any atom is 0.244 e. The van der Waals surface area contributed by atoms with Gasteiger partial charge >= 0.3 is 0 Å². The highest BCUT2D eigenvalue weighted by Gasteiger charge is 2.22. The fourth-order valence-electron chi connectivity index (χ4n) is 1.37. The zero-order valence-corrected chi connectivity index (χ0v) is 12.9. The van der Waals surface area contributed by atoms with Gasteiger partial charge in [-0.3, -0.25) is 4.21 Å². The van der Waals surface area contributed by atoms with Crippen LogP contribution in [0.1, 0.15) is 13.3 Å². The van der Waals surface area contributed by atoms with Gasteiger partial charge in [0.05, 0.1) is 5.02 Å². The van der Waals surface area contributed by atoms with E-state index in [-0.39, 0.29) is 16.8 Å². The lowest BCUT2D eigenvalue weighted by Crippen LogP contribution is -2.28. The molecule has 1 N–H and O–H groups in total. The Kier molecular flexibility index (Phi) is 5.91. The summed E-state index contributed by atoms with van der Waals surface area (Å²) in [7, 11) is -5.03. The van der Waals surface area contributed by atoms with Gasteiger partial charge in [0.1, 0.15) is 10.7 Å². The molecular weight excluding hydrogens is 313 g/mol. The number of halogens is 2. The zero-order valence-electron chi connectivity index (χ0n) is 10.5. The molecule has 8 heteroatoms. The van der Waals surface area contributed by atoms with Crippen LogP contribution in [0.3, 0.4) is 0 Å². The quantitative estimate of drug-likeness (QED) is 0.868. The first-order valence-corrected chi connectivity index (χ1v) is 9.00. The summed E-state index contributed by atoms with van der Waals surface area (Å²) in [6, 6.07) is 3.67. The Hall–Kier alpha value is -0.500. The van der Waals surface area contributed by atoms with Crippen LogP contribution in [-0.2, 0) is 20.8 Å². The predicted octanol–water partition coefficient (Wildman–Crippen LogP) is 1.91. The SMILES string of the molecule is C[C@H](CCNS(=O)(=O)c1c(F)cccc1Cl)[S@@](C)=O. The van der Waals surface area contributed by atoms with Gasteiger partial charge in [-0.05, 0) is 18.6 Å². The van der Waals surface area contributed by atoms with Gasteiger partial charge in [-0.15, -0.1) is 0 Å². The third kappa shape index (κ3) is 4.52. The molecule has 2 atom stereocenters. The van der Waals surface area contributed by atoms with Crippen LogP contribution in [-0.4, -0.2) is 30.7 Å². The number of nitrogens with one attached hydrogen (secondary N) is 1. The molecule has 4 nitrogen and oxygen atoms in total. The van der Waals surface area contributed by atoms with Crippen LogP contribution in [0.4, 0.5) is 4.39 Å². The van der Waals surface area contributed by atoms with E-state index in [1.54, 1.807) is 13.2 Å². The van der Waals surface area contributed by atoms with Gasteiger partial charge in [0.15, 0.2) is 0 Å². The molecule has 0 fully saturated rings. The van der Waals surface area contributed by atoms with E-state index >= 15 is 0 Å². The average Bonchev–Trinajstić information content (AvgIpc) is 2.27. The first-order valence-electron chi connectivity index (χ1n) is 5.51. The number of hydrogen-bond donors (Lipinski definition) is 1. The van der Waals surface area contributed by atoms with Gasteiger partial charge in [0, 0.05) is 28.9 Å². The molecule has 0 bridgehead atoms. The van der Waals surface area contributed by atoms with Crippen molar-refractivity contribution in [2.24, 2.45) is 0 Å². The molecule has 0 aliphatic rings. The van der Waals surface area contributed by atoms with Gasteiger partial charge < -0.3 is 0 Å². The topological polar surface area (TPSA) is 63.2 Å². The number of rotatable bonds is 6. The lowest BCUT2D eigenvalue weighted by atomic mass is 10.3. The third-order valence-electron chi connectivity index (χ3n) is 2.60. The van der Waals surface area contributed by atoms with E-state index in [0.717, 1.165) is 6.07 Å². The van der Waals surface area contributed by atoms with Crippen LogP contribution in [0.2, 0.25) is 5.02 Å². The molecule has 0 aliphatic carbocycles. The number of hydrogen-bond acceptors (Lipinski definition) is 3. The molecule has 0 heterocycles. The van der Waals surface area contributed by atoms with E-state index in [4.69, 9.17) is 11.6 Å². The molecule has 0 saturated carbocycles. The van der Waals surface area contributed by atoms with Crippen LogP contribution in [0, 0.1) is 5.82 Å². The minimum absolute atomic E-state index is 0.0771. The summed E-state index contributed by atoms with van der Waals surface area (Å²) in [4.78, 5) is -0.554. The Morgan fingerprint density at radius 3 is 2.63 bits per heavy atom. The standard InChI is InChI=1S/C11H15ClFNO3S2/c1-8(18(2)15)6-7-14-19(16,17)11-9(12)4-3-5-10(11)13/h3-5,8,14H,6-7H2,1-2H3/t8-,18-/m1/s1. The van der Waals surface area contributed by atoms with Gasteiger partial charge in [-0.1, -0.05) is 24.6 Å². The van der Waals surface area contributed by atoms with Crippen molar-refractivity contribution in [1.29, 1.82) is 0 Å². The van der Waals surface area contributed by atoms with Crippen LogP contribution in [0.25, 0.3) is 0 Å². The lowest BCUT2D eigenvalue weighted by Gasteiger charge is -2.11. The number of benzene rings is 1. The van der Waals surface area contributed by atoms with Gasteiger partial charge in [0.25, 0.3) is 0 Å². The van der Waals surface area contributed by atoms with Crippen LogP contribution in [0.15, 0.2) is 23.1 Å². The first kappa shape index (κ1) is 16.6. The first-order chi connectivity index (χ1) is 8.75. The molecule has 0 aromatic heterocycles. The fourth-order valence-corrected chi connectivity index (χ4v) is 3.47. The Bertz CT molecular complexity index is 557. The zero-order chi connectivity index (χ0) is 14.6. The molecule has 0 aliphatic heterocycles. The summed E-state index contributed by atoms with van der Waals surface area (Å²) >= 11 is 5.70. The summed E-state index contributed by atoms with van der Waals surface area (Å²) in [5.41, 5.74) is 0. The Morgan fingerprint density at radius 2 is 2.11 bits per heavy atom. The molecule has 0 radical (unpaired) electrons. The lowest BCUT2D eigenvalue weighted by molar-refractivity contribution is 0.555. The minimum atomic E-state index is -4.00. The fraction of sp³-hybridized carbons (Fsp3) is 0.455. The van der Waals surface area contributed by atoms with Crippen LogP contribution in [0.5, 0.6) is 0 Å². The summed E-state index contributed by atoms with van der Waals surface area (Å²) in [5.74, 6) is -0.896. The van der Waals surface area contributed by atoms with Crippen molar-refractivity contribution in [1.82, 2.24) is 4.72 Å². The molecular formula is C11H15ClFNO3S2. The second-order valence-corrected chi connectivity index (χ2v) is 7.96. The van der Waals surface area contributed by atoms with Crippen molar-refractivity contribution in [3.63, 3.8) is 0 Å². The molecule has 0 amide bonds. The molecule has 1 aromatic carbocycles. The van der Waals surface area contributed by atoms with Gasteiger partial charge in [0.2, 0.25) is 10.0 Å². The van der Waals surface area contributed by atoms with Crippen molar-refractivity contribution in [3.8, 4) is 0 Å². The highest BCUT2D eigenvalue weighted by atomic mass is 35.5. The maximum atomic E-state index is 13.5. The monoisotopic (exact) mass is 327 g/mol. The molecule has 0 unspecified atom stereocenters. The summed E-state index contributed by atoms with van der Waals surface area (Å²) in [6.45, 7) is 1.83. The van der Waals surface area contributed by atoms with Crippen molar-refractivity contribution in [2.45, 2.75) is 23.5 Å². The smallest absolute Gasteiger partial charge is 0.244 e. The summed E-state index contributed by atoms with van der Waals surface area (Å²) in [6.07, 6.45) is 1.95. The Morgan fingerprint density at radius 1 is 1.47 bits per heavy atom. The molecule has 1 aromatic rings. The highest BCUT2D eigenvalue weighted by molar-refractivity contribution is 7.89. The Balaban J connectivity index is 2.80. The molecule has 108 valence electrons. The Labute approximate surface area is 119 Å². The second-order valence-electron chi connectivity index (χ2n) is 4.05. The van der Waals surface area contributed by atoms with Crippen LogP contribution >= 0.6 is 11.6 Å². The van der Waals surface area contributed by atoms with Gasteiger partial charge in [-0.25, -0.2) is 17.5 Å². The highest BCUT2D eigenvalue weighted by Crippen LogP contribution is 2.23. The molecule has 1 rings (SSSR count). The van der Waals surface area contributed by atoms with E-state index < -0.39 is 31.5 Å². The number of sulfonamides is 1. The molecule has 0 saturated heterocycles. The van der Waals surface area contributed by atoms with Crippen molar-refractivity contribution >= 4 is 32.4 Å². The maximum absolute atomic E-state index is 13.5. The average molecular weight is 328 g/mol. The van der Waals surface area contributed by atoms with Crippen molar-refractivity contribution in [2.75, 3.05) is 12.8 Å². The van der Waals surface area contributed by atoms with E-state index in [1.807, 2.05) is 0 Å². The largest absolute Gasteiger partial charge is 0.260 e. The van der Waals surface area contributed by atoms with E-state index in [9.17, 15) is 17.0 Å². The molecule has 0 spiro atoms. The van der Waals surface area contributed by atoms with Crippen LogP contribution < -0.4 is 4.72 Å². The van der Waals surface area contributed by atoms with E-state index in [2.05, 4.69) is 4.72 Å². The van der Waals surface area contributed by atoms with E-state index in [0.29, 0.717) is 6.42 Å². The predicted molar refractivity (Wildman–Crippen MR) is 74.7 cm³/mol. The summed E-state index contributed by atoms with van der Waals surface area (Å²) < 4.78 is 50.7. The van der Waals surface area contributed by atoms with Gasteiger partial charge in [-0.2, -0.15) is 0 Å². The second kappa shape index (κ2) is 6.78. The molecule has 19 heavy (non-hydrogen) atoms. The van der Waals surface area contributed by atoms with Crippen molar-refractivity contribution < 1.29 is 17.0 Å². The van der Waals surface area contributed by atoms with E-state index in [1.165, 1.54) is 12.1 Å². The normalized spacial score (nSPS) is 15.2. The minimum Gasteiger partial charge on any atom is -0.260 e. The van der Waals surface area contributed by atoms with Crippen molar-refractivity contribution in [3.05, 3.63) is 29.0 Å². The summed E-state index contributed by atoms with van der Waals surface area (Å²) in [5, 5.41) is -0.307. The third-order valence-corrected chi connectivity index (χ3v) is 5.93.